The van der Waals surface area contributed by atoms with Crippen molar-refractivity contribution in [2.75, 3.05) is 0 Å². The molecule has 0 fully saturated rings. The first-order valence-electron chi connectivity index (χ1n) is 27.6. The molecule has 1 N–H and O–H groups in total. The van der Waals surface area contributed by atoms with Gasteiger partial charge >= 0.3 is 0 Å². The van der Waals surface area contributed by atoms with Crippen LogP contribution < -0.4 is 5.32 Å². The van der Waals surface area contributed by atoms with Gasteiger partial charge in [0.15, 0.2) is 11.6 Å². The number of rotatable bonds is 7. The lowest BCUT2D eigenvalue weighted by molar-refractivity contribution is 0.668. The number of amidine groups is 1. The molecule has 1 aliphatic rings. The average molecular weight is 1050 g/mol. The van der Waals surface area contributed by atoms with E-state index in [0.29, 0.717) is 23.6 Å². The van der Waals surface area contributed by atoms with Crippen molar-refractivity contribution in [3.8, 4) is 40.1 Å². The molecule has 0 saturated heterocycles. The van der Waals surface area contributed by atoms with E-state index in [-0.39, 0.29) is 6.17 Å². The highest BCUT2D eigenvalue weighted by atomic mass is 15.3. The summed E-state index contributed by atoms with van der Waals surface area (Å²) in [5.74, 6) is 3.04. The molecule has 0 spiro atoms. The van der Waals surface area contributed by atoms with Crippen molar-refractivity contribution in [1.29, 1.82) is 0 Å². The molecular formula is C72H46N10. The van der Waals surface area contributed by atoms with Crippen molar-refractivity contribution in [1.82, 2.24) is 38.5 Å². The number of hydrogen-bond donors (Lipinski definition) is 1. The number of nitrogens with one attached hydrogen (secondary N) is 1. The van der Waals surface area contributed by atoms with Gasteiger partial charge < -0.3 is 14.5 Å². The van der Waals surface area contributed by atoms with Crippen molar-refractivity contribution >= 4 is 99.0 Å². The maximum Gasteiger partial charge on any atom is 0.238 e. The van der Waals surface area contributed by atoms with Gasteiger partial charge in [0.05, 0.1) is 44.1 Å². The van der Waals surface area contributed by atoms with Crippen molar-refractivity contribution in [3.05, 3.63) is 278 Å². The second kappa shape index (κ2) is 18.2. The van der Waals surface area contributed by atoms with Gasteiger partial charge in [0.25, 0.3) is 0 Å². The molecule has 384 valence electrons. The van der Waals surface area contributed by atoms with E-state index in [1.165, 1.54) is 5.39 Å². The van der Waals surface area contributed by atoms with Crippen LogP contribution in [0.25, 0.3) is 127 Å². The zero-order valence-electron chi connectivity index (χ0n) is 44.0. The normalized spacial score (nSPS) is 13.7. The van der Waals surface area contributed by atoms with Crippen molar-refractivity contribution in [2.24, 2.45) is 9.98 Å². The van der Waals surface area contributed by atoms with E-state index in [9.17, 15) is 0 Å². The number of nitrogens with zero attached hydrogens (tertiary/aromatic N) is 9. The Bertz CT molecular complexity index is 5220. The molecule has 16 aromatic rings. The predicted octanol–water partition coefficient (Wildman–Crippen LogP) is 16.6. The van der Waals surface area contributed by atoms with Crippen molar-refractivity contribution < 1.29 is 0 Å². The molecular weight excluding hydrogens is 1000 g/mol. The van der Waals surface area contributed by atoms with E-state index in [1.54, 1.807) is 0 Å². The third-order valence-electron chi connectivity index (χ3n) is 16.3. The second-order valence-electron chi connectivity index (χ2n) is 20.8. The molecule has 82 heavy (non-hydrogen) atoms. The van der Waals surface area contributed by atoms with Crippen LogP contribution in [-0.4, -0.2) is 45.0 Å². The number of para-hydroxylation sites is 4. The summed E-state index contributed by atoms with van der Waals surface area (Å²) in [5, 5.41) is 12.5. The van der Waals surface area contributed by atoms with Crippen molar-refractivity contribution in [2.45, 2.75) is 6.17 Å². The fraction of sp³-hybridized carbons (Fsp3) is 0.0139. The molecule has 1 unspecified atom stereocenters. The lowest BCUT2D eigenvalue weighted by Gasteiger charge is -2.24. The molecule has 1 atom stereocenters. The van der Waals surface area contributed by atoms with E-state index < -0.39 is 0 Å². The Balaban J connectivity index is 1.05. The SMILES string of the molecule is c1ccc(C2=NC(n3c4ccccc4c4c3ccc3c5c(ccc6c7c(ccc8c9ccccc9n(-c9ccccc9)c87)n(-c7nc(-c8ccccc8)nc(-c8ccccc8)n7)c65)n(-c5ccccc5)c34)=NC(c3ccccc3)N2)cc1. The maximum atomic E-state index is 5.52. The van der Waals surface area contributed by atoms with Crippen LogP contribution in [0.15, 0.2) is 277 Å². The first kappa shape index (κ1) is 45.8. The zero-order valence-corrected chi connectivity index (χ0v) is 44.0. The summed E-state index contributed by atoms with van der Waals surface area (Å²) in [4.78, 5) is 27.1. The summed E-state index contributed by atoms with van der Waals surface area (Å²) in [6.45, 7) is 0. The van der Waals surface area contributed by atoms with Gasteiger partial charge in [-0.1, -0.05) is 200 Å². The van der Waals surface area contributed by atoms with Crippen LogP contribution in [-0.2, 0) is 0 Å². The Hall–Kier alpha value is -11.2. The molecule has 5 aromatic heterocycles. The van der Waals surface area contributed by atoms with Crippen LogP contribution in [0, 0.1) is 0 Å². The molecule has 0 aliphatic carbocycles. The van der Waals surface area contributed by atoms with Crippen LogP contribution in [0.1, 0.15) is 17.3 Å². The standard InChI is InChI=1S/C72H46N10/c1-7-23-45(24-8-1)67-73-68(46-25-9-2-10-26-46)76-71(75-67)81-57-38-22-20-36-53(57)61-59(81)44-41-54-62-58(80(65(54)61)50-33-17-6-18-34-50)43-40-55-63-60(42-39-52-51-35-19-21-37-56(51)79(64(52)63)49-31-15-5-16-32-49)82(66(55)62)72-77-69(47-27-11-3-12-28-47)74-70(78-72)48-29-13-4-14-30-48/h1-44,67H,(H,73,75,76). The number of hydrogen-bond acceptors (Lipinski definition) is 6. The highest BCUT2D eigenvalue weighted by Crippen LogP contribution is 2.48. The lowest BCUT2D eigenvalue weighted by atomic mass is 10.0. The Morgan fingerprint density at radius 3 is 1.30 bits per heavy atom. The topological polar surface area (TPSA) is 95.1 Å². The largest absolute Gasteiger partial charge is 0.344 e. The van der Waals surface area contributed by atoms with Gasteiger partial charge in [-0.3, -0.25) is 9.13 Å². The Labute approximate surface area is 469 Å². The van der Waals surface area contributed by atoms with E-state index in [0.717, 1.165) is 121 Å². The van der Waals surface area contributed by atoms with Crippen LogP contribution in [0.2, 0.25) is 0 Å². The minimum absolute atomic E-state index is 0.387. The van der Waals surface area contributed by atoms with Crippen LogP contribution >= 0.6 is 0 Å². The zero-order chi connectivity index (χ0) is 53.8. The maximum absolute atomic E-state index is 5.52. The fourth-order valence-corrected chi connectivity index (χ4v) is 12.8. The Morgan fingerprint density at radius 2 is 0.720 bits per heavy atom. The molecule has 17 rings (SSSR count). The van der Waals surface area contributed by atoms with Gasteiger partial charge in [-0.05, 0) is 72.3 Å². The molecule has 10 heteroatoms. The smallest absolute Gasteiger partial charge is 0.238 e. The van der Waals surface area contributed by atoms with Gasteiger partial charge in [0, 0.05) is 71.2 Å². The summed E-state index contributed by atoms with van der Waals surface area (Å²) in [6.07, 6.45) is -0.387. The molecule has 11 aromatic carbocycles. The second-order valence-corrected chi connectivity index (χ2v) is 20.8. The summed E-state index contributed by atoms with van der Waals surface area (Å²) in [5.41, 5.74) is 14.2. The number of benzene rings is 11. The first-order chi connectivity index (χ1) is 40.7. The third kappa shape index (κ3) is 6.91. The average Bonchev–Trinajstić information content (AvgIpc) is 1.95. The number of fused-ring (bicyclic) bond motifs is 15. The summed E-state index contributed by atoms with van der Waals surface area (Å²) in [7, 11) is 0. The first-order valence-corrected chi connectivity index (χ1v) is 27.6. The monoisotopic (exact) mass is 1050 g/mol. The van der Waals surface area contributed by atoms with Gasteiger partial charge in [-0.2, -0.15) is 15.0 Å². The molecule has 6 heterocycles. The summed E-state index contributed by atoms with van der Waals surface area (Å²) in [6, 6.07) is 93.9. The van der Waals surface area contributed by atoms with Crippen LogP contribution in [0.3, 0.4) is 0 Å². The van der Waals surface area contributed by atoms with Crippen LogP contribution in [0.5, 0.6) is 0 Å². The quantitative estimate of drug-likeness (QED) is 0.172. The summed E-state index contributed by atoms with van der Waals surface area (Å²) < 4.78 is 9.46. The molecule has 0 saturated carbocycles. The third-order valence-corrected chi connectivity index (χ3v) is 16.3. The molecule has 0 amide bonds. The van der Waals surface area contributed by atoms with Gasteiger partial charge in [0.2, 0.25) is 11.9 Å². The minimum Gasteiger partial charge on any atom is -0.344 e. The fourth-order valence-electron chi connectivity index (χ4n) is 12.8. The minimum atomic E-state index is -0.387. The highest BCUT2D eigenvalue weighted by Gasteiger charge is 2.30. The van der Waals surface area contributed by atoms with E-state index in [2.05, 4.69) is 242 Å². The van der Waals surface area contributed by atoms with Crippen LogP contribution in [0.4, 0.5) is 0 Å². The van der Waals surface area contributed by atoms with Gasteiger partial charge in [-0.15, -0.1) is 0 Å². The lowest BCUT2D eigenvalue weighted by Crippen LogP contribution is -2.35. The Kier molecular flexibility index (Phi) is 10.1. The van der Waals surface area contributed by atoms with Gasteiger partial charge in [0.1, 0.15) is 12.0 Å². The molecule has 0 radical (unpaired) electrons. The highest BCUT2D eigenvalue weighted by molar-refractivity contribution is 6.35. The molecule has 10 nitrogen and oxygen atoms in total. The van der Waals surface area contributed by atoms with E-state index in [1.807, 2.05) is 48.5 Å². The summed E-state index contributed by atoms with van der Waals surface area (Å²) >= 11 is 0. The predicted molar refractivity (Wildman–Crippen MR) is 335 cm³/mol. The molecule has 1 aliphatic heterocycles. The van der Waals surface area contributed by atoms with Crippen molar-refractivity contribution in [3.63, 3.8) is 0 Å². The Morgan fingerprint density at radius 1 is 0.305 bits per heavy atom. The van der Waals surface area contributed by atoms with Gasteiger partial charge in [-0.25, -0.2) is 9.98 Å². The molecule has 0 bridgehead atoms. The van der Waals surface area contributed by atoms with E-state index in [4.69, 9.17) is 24.9 Å². The van der Waals surface area contributed by atoms with E-state index >= 15 is 0 Å². The number of aliphatic imine (C=N–C) groups is 2. The number of aromatic nitrogens is 7.